The van der Waals surface area contributed by atoms with Gasteiger partial charge in [-0.05, 0) is 26.0 Å². The number of amides is 2. The van der Waals surface area contributed by atoms with Crippen LogP contribution in [0.1, 0.15) is 21.6 Å². The third-order valence-corrected chi connectivity index (χ3v) is 5.47. The lowest BCUT2D eigenvalue weighted by molar-refractivity contribution is -0.118. The minimum Gasteiger partial charge on any atom is -0.482 e. The molecule has 32 heavy (non-hydrogen) atoms. The first-order valence-corrected chi connectivity index (χ1v) is 10.2. The van der Waals surface area contributed by atoms with Crippen molar-refractivity contribution in [1.29, 1.82) is 0 Å². The standard InChI is InChI=1S/C23H17ClN4O4/c1-11-3-5-13(6-4-11)16-7-14(21-12(2)28-32-23(21)27-16)22(30)26-17-9-19-18(8-15(17)24)25-20(29)10-31-19/h3-9H,10H2,1-2H3,(H,25,29)(H,26,30). The normalized spacial score (nSPS) is 12.8. The number of carbonyl (C=O) groups is 2. The number of nitrogens with zero attached hydrogens (tertiary/aromatic N) is 2. The van der Waals surface area contributed by atoms with Gasteiger partial charge in [0.05, 0.1) is 38.7 Å². The predicted molar refractivity (Wildman–Crippen MR) is 120 cm³/mol. The number of hydrogen-bond donors (Lipinski definition) is 2. The Kier molecular flexibility index (Phi) is 4.79. The van der Waals surface area contributed by atoms with E-state index in [1.165, 1.54) is 6.07 Å². The van der Waals surface area contributed by atoms with Crippen molar-refractivity contribution in [2.24, 2.45) is 0 Å². The van der Waals surface area contributed by atoms with Crippen molar-refractivity contribution in [3.63, 3.8) is 0 Å². The molecule has 3 heterocycles. The minimum absolute atomic E-state index is 0.104. The molecule has 0 radical (unpaired) electrons. The minimum atomic E-state index is -0.404. The van der Waals surface area contributed by atoms with Crippen LogP contribution in [0.15, 0.2) is 47.0 Å². The second-order valence-corrected chi connectivity index (χ2v) is 7.90. The van der Waals surface area contributed by atoms with E-state index in [-0.39, 0.29) is 23.3 Å². The molecule has 0 atom stereocenters. The maximum Gasteiger partial charge on any atom is 0.262 e. The van der Waals surface area contributed by atoms with Gasteiger partial charge >= 0.3 is 0 Å². The number of halogens is 1. The zero-order valence-corrected chi connectivity index (χ0v) is 17.9. The molecule has 2 aromatic heterocycles. The van der Waals surface area contributed by atoms with Crippen LogP contribution in [0.3, 0.4) is 0 Å². The lowest BCUT2D eigenvalue weighted by atomic mass is 10.0. The van der Waals surface area contributed by atoms with Crippen molar-refractivity contribution >= 4 is 45.9 Å². The van der Waals surface area contributed by atoms with Gasteiger partial charge in [0.15, 0.2) is 6.61 Å². The number of nitrogens with one attached hydrogen (secondary N) is 2. The lowest BCUT2D eigenvalue weighted by Crippen LogP contribution is -2.25. The topological polar surface area (TPSA) is 106 Å². The number of aromatic nitrogens is 2. The van der Waals surface area contributed by atoms with E-state index >= 15 is 0 Å². The molecule has 2 aromatic carbocycles. The molecule has 1 aliphatic heterocycles. The number of aryl methyl sites for hydroxylation is 2. The first-order chi connectivity index (χ1) is 15.4. The van der Waals surface area contributed by atoms with Crippen LogP contribution >= 0.6 is 11.6 Å². The van der Waals surface area contributed by atoms with Crippen LogP contribution in [-0.4, -0.2) is 28.6 Å². The third kappa shape index (κ3) is 3.54. The Morgan fingerprint density at radius 2 is 1.94 bits per heavy atom. The number of ether oxygens (including phenoxy) is 1. The van der Waals surface area contributed by atoms with Crippen LogP contribution < -0.4 is 15.4 Å². The van der Waals surface area contributed by atoms with Crippen molar-refractivity contribution in [1.82, 2.24) is 10.1 Å². The van der Waals surface area contributed by atoms with Crippen LogP contribution in [0.5, 0.6) is 5.75 Å². The summed E-state index contributed by atoms with van der Waals surface area (Å²) >= 11 is 6.35. The monoisotopic (exact) mass is 448 g/mol. The zero-order valence-electron chi connectivity index (χ0n) is 17.2. The van der Waals surface area contributed by atoms with E-state index in [0.29, 0.717) is 39.5 Å². The Labute approximate surface area is 187 Å². The lowest BCUT2D eigenvalue weighted by Gasteiger charge is -2.19. The van der Waals surface area contributed by atoms with E-state index in [9.17, 15) is 9.59 Å². The van der Waals surface area contributed by atoms with Gasteiger partial charge in [-0.15, -0.1) is 0 Å². The van der Waals surface area contributed by atoms with Crippen LogP contribution in [-0.2, 0) is 4.79 Å². The van der Waals surface area contributed by atoms with E-state index in [4.69, 9.17) is 20.9 Å². The third-order valence-electron chi connectivity index (χ3n) is 5.16. The van der Waals surface area contributed by atoms with Gasteiger partial charge in [0.2, 0.25) is 0 Å². The average molecular weight is 449 g/mol. The molecule has 0 bridgehead atoms. The van der Waals surface area contributed by atoms with E-state index in [2.05, 4.69) is 20.8 Å². The van der Waals surface area contributed by atoms with Crippen molar-refractivity contribution in [3.8, 4) is 17.0 Å². The first-order valence-electron chi connectivity index (χ1n) is 9.80. The zero-order chi connectivity index (χ0) is 22.4. The first kappa shape index (κ1) is 20.0. The Morgan fingerprint density at radius 1 is 1.16 bits per heavy atom. The van der Waals surface area contributed by atoms with Crippen molar-refractivity contribution in [2.45, 2.75) is 13.8 Å². The SMILES string of the molecule is Cc1ccc(-c2cc(C(=O)Nc3cc4c(cc3Cl)NC(=O)CO4)c3c(C)noc3n2)cc1. The van der Waals surface area contributed by atoms with E-state index in [1.54, 1.807) is 19.1 Å². The molecule has 0 fully saturated rings. The highest BCUT2D eigenvalue weighted by Gasteiger charge is 2.22. The number of anilines is 2. The fourth-order valence-corrected chi connectivity index (χ4v) is 3.74. The second kappa shape index (κ2) is 7.65. The van der Waals surface area contributed by atoms with E-state index < -0.39 is 5.91 Å². The highest BCUT2D eigenvalue weighted by molar-refractivity contribution is 6.34. The number of pyridine rings is 1. The molecule has 0 aliphatic carbocycles. The number of hydrogen-bond acceptors (Lipinski definition) is 6. The Balaban J connectivity index is 1.55. The largest absolute Gasteiger partial charge is 0.482 e. The molecule has 2 N–H and O–H groups in total. The molecule has 2 amide bonds. The molecule has 160 valence electrons. The Morgan fingerprint density at radius 3 is 2.72 bits per heavy atom. The van der Waals surface area contributed by atoms with Crippen LogP contribution in [0.4, 0.5) is 11.4 Å². The molecule has 0 saturated heterocycles. The summed E-state index contributed by atoms with van der Waals surface area (Å²) in [6.45, 7) is 3.64. The molecule has 1 aliphatic rings. The molecule has 0 spiro atoms. The van der Waals surface area contributed by atoms with E-state index in [0.717, 1.165) is 11.1 Å². The fourth-order valence-electron chi connectivity index (χ4n) is 3.53. The molecular weight excluding hydrogens is 432 g/mol. The predicted octanol–water partition coefficient (Wildman–Crippen LogP) is 4.74. The summed E-state index contributed by atoms with van der Waals surface area (Å²) in [5, 5.41) is 10.3. The summed E-state index contributed by atoms with van der Waals surface area (Å²) in [6, 6.07) is 12.6. The Bertz CT molecular complexity index is 1400. The van der Waals surface area contributed by atoms with Gasteiger partial charge in [-0.1, -0.05) is 46.6 Å². The molecular formula is C23H17ClN4O4. The van der Waals surface area contributed by atoms with Crippen LogP contribution in [0.2, 0.25) is 5.02 Å². The van der Waals surface area contributed by atoms with Gasteiger partial charge in [-0.2, -0.15) is 0 Å². The van der Waals surface area contributed by atoms with E-state index in [1.807, 2.05) is 31.2 Å². The van der Waals surface area contributed by atoms with Crippen molar-refractivity contribution < 1.29 is 18.8 Å². The van der Waals surface area contributed by atoms with Crippen molar-refractivity contribution in [3.05, 3.63) is 64.3 Å². The molecule has 8 nitrogen and oxygen atoms in total. The Hall–Kier alpha value is -3.91. The average Bonchev–Trinajstić information content (AvgIpc) is 3.15. The maximum atomic E-state index is 13.3. The number of benzene rings is 2. The number of carbonyl (C=O) groups excluding carboxylic acids is 2. The quantitative estimate of drug-likeness (QED) is 0.468. The smallest absolute Gasteiger partial charge is 0.262 e. The summed E-state index contributed by atoms with van der Waals surface area (Å²) in [7, 11) is 0. The van der Waals surface area contributed by atoms with Crippen LogP contribution in [0, 0.1) is 13.8 Å². The fraction of sp³-hybridized carbons (Fsp3) is 0.130. The van der Waals surface area contributed by atoms with Gasteiger partial charge in [-0.3, -0.25) is 9.59 Å². The molecule has 4 aromatic rings. The van der Waals surface area contributed by atoms with Gasteiger partial charge in [0.25, 0.3) is 17.5 Å². The van der Waals surface area contributed by atoms with Crippen molar-refractivity contribution in [2.75, 3.05) is 17.2 Å². The molecule has 0 unspecified atom stereocenters. The maximum absolute atomic E-state index is 13.3. The molecule has 5 rings (SSSR count). The summed E-state index contributed by atoms with van der Waals surface area (Å²) in [4.78, 5) is 29.4. The van der Waals surface area contributed by atoms with Crippen LogP contribution in [0.25, 0.3) is 22.4 Å². The molecule has 0 saturated carbocycles. The van der Waals surface area contributed by atoms with Gasteiger partial charge in [0.1, 0.15) is 5.75 Å². The van der Waals surface area contributed by atoms with Gasteiger partial charge < -0.3 is 19.9 Å². The summed E-state index contributed by atoms with van der Waals surface area (Å²) in [5.41, 5.74) is 4.52. The van der Waals surface area contributed by atoms with Gasteiger partial charge in [0, 0.05) is 11.6 Å². The highest BCUT2D eigenvalue weighted by Crippen LogP contribution is 2.37. The summed E-state index contributed by atoms with van der Waals surface area (Å²) < 4.78 is 10.8. The second-order valence-electron chi connectivity index (χ2n) is 7.49. The highest BCUT2D eigenvalue weighted by atomic mass is 35.5. The summed E-state index contributed by atoms with van der Waals surface area (Å²) in [5.74, 6) is -0.250. The number of fused-ring (bicyclic) bond motifs is 2. The van der Waals surface area contributed by atoms with Gasteiger partial charge in [-0.25, -0.2) is 4.98 Å². The summed E-state index contributed by atoms with van der Waals surface area (Å²) in [6.07, 6.45) is 0. The number of rotatable bonds is 3. The molecule has 9 heteroatoms.